The molecule has 116 valence electrons. The molecule has 2 heterocycles. The Morgan fingerprint density at radius 1 is 1.45 bits per heavy atom. The van der Waals surface area contributed by atoms with Gasteiger partial charge in [-0.2, -0.15) is 0 Å². The Morgan fingerprint density at radius 3 is 2.70 bits per heavy atom. The van der Waals surface area contributed by atoms with E-state index in [1.165, 1.54) is 7.11 Å². The molecule has 2 aliphatic rings. The van der Waals surface area contributed by atoms with Gasteiger partial charge in [-0.15, -0.1) is 0 Å². The van der Waals surface area contributed by atoms with E-state index >= 15 is 0 Å². The number of likely N-dealkylation sites (tertiary alicyclic amines) is 1. The van der Waals surface area contributed by atoms with Crippen molar-refractivity contribution < 1.29 is 24.1 Å². The lowest BCUT2D eigenvalue weighted by Gasteiger charge is -2.37. The van der Waals surface area contributed by atoms with Crippen LogP contribution >= 0.6 is 0 Å². The van der Waals surface area contributed by atoms with Crippen LogP contribution in [0.25, 0.3) is 0 Å². The second kappa shape index (κ2) is 6.39. The maximum Gasteiger partial charge on any atom is 0.323 e. The second-order valence-corrected chi connectivity index (χ2v) is 6.35. The average Bonchev–Trinajstić information content (AvgIpc) is 2.89. The molecule has 0 aromatic rings. The second-order valence-electron chi connectivity index (χ2n) is 6.35. The van der Waals surface area contributed by atoms with Crippen LogP contribution in [0.15, 0.2) is 0 Å². The molecule has 20 heavy (non-hydrogen) atoms. The monoisotopic (exact) mass is 287 g/mol. The summed E-state index contributed by atoms with van der Waals surface area (Å²) in [5.74, 6) is -0.284. The highest BCUT2D eigenvalue weighted by atomic mass is 16.7. The fraction of sp³-hybridized carbons (Fsp3) is 0.929. The van der Waals surface area contributed by atoms with Gasteiger partial charge in [0.15, 0.2) is 6.29 Å². The molecule has 0 saturated carbocycles. The minimum Gasteiger partial charge on any atom is -0.468 e. The van der Waals surface area contributed by atoms with Gasteiger partial charge in [0.25, 0.3) is 0 Å². The summed E-state index contributed by atoms with van der Waals surface area (Å²) >= 11 is 0. The third kappa shape index (κ3) is 3.69. The number of carbonyl (C=O) groups is 1. The van der Waals surface area contributed by atoms with Crippen LogP contribution in [-0.2, 0) is 19.0 Å². The van der Waals surface area contributed by atoms with Crippen LogP contribution in [0.4, 0.5) is 0 Å². The molecule has 1 unspecified atom stereocenters. The topological polar surface area (TPSA) is 68.2 Å². The average molecular weight is 287 g/mol. The van der Waals surface area contributed by atoms with Crippen molar-refractivity contribution in [3.8, 4) is 0 Å². The number of hydrogen-bond acceptors (Lipinski definition) is 6. The number of ether oxygens (including phenoxy) is 3. The van der Waals surface area contributed by atoms with Gasteiger partial charge in [-0.25, -0.2) is 0 Å². The zero-order valence-electron chi connectivity index (χ0n) is 12.5. The molecule has 0 bridgehead atoms. The summed E-state index contributed by atoms with van der Waals surface area (Å²) in [6.07, 6.45) is 0.813. The van der Waals surface area contributed by atoms with E-state index in [0.717, 1.165) is 12.8 Å². The number of hydrogen-bond donors (Lipinski definition) is 1. The van der Waals surface area contributed by atoms with E-state index in [1.807, 2.05) is 0 Å². The van der Waals surface area contributed by atoms with E-state index in [0.29, 0.717) is 26.2 Å². The van der Waals surface area contributed by atoms with E-state index in [-0.39, 0.29) is 17.4 Å². The smallest absolute Gasteiger partial charge is 0.323 e. The zero-order valence-corrected chi connectivity index (χ0v) is 12.5. The van der Waals surface area contributed by atoms with Crippen molar-refractivity contribution in [3.05, 3.63) is 0 Å². The molecule has 0 spiro atoms. The first-order chi connectivity index (χ1) is 9.43. The number of aliphatic hydroxyl groups is 1. The van der Waals surface area contributed by atoms with E-state index in [4.69, 9.17) is 14.2 Å². The Balaban J connectivity index is 1.85. The quantitative estimate of drug-likeness (QED) is 0.769. The first-order valence-electron chi connectivity index (χ1n) is 7.18. The molecule has 0 aliphatic carbocycles. The van der Waals surface area contributed by atoms with Crippen molar-refractivity contribution in [2.45, 2.75) is 51.7 Å². The molecule has 2 fully saturated rings. The Kier molecular flexibility index (Phi) is 5.01. The number of rotatable bonds is 4. The predicted molar refractivity (Wildman–Crippen MR) is 71.8 cm³/mol. The molecule has 0 amide bonds. The van der Waals surface area contributed by atoms with Crippen LogP contribution in [-0.4, -0.2) is 61.4 Å². The number of esters is 1. The summed E-state index contributed by atoms with van der Waals surface area (Å²) in [6.45, 7) is 6.08. The molecule has 2 saturated heterocycles. The van der Waals surface area contributed by atoms with Crippen LogP contribution in [0.1, 0.15) is 33.1 Å². The van der Waals surface area contributed by atoms with Gasteiger partial charge < -0.3 is 19.3 Å². The van der Waals surface area contributed by atoms with Gasteiger partial charge in [-0.3, -0.25) is 9.69 Å². The zero-order chi connectivity index (χ0) is 14.8. The van der Waals surface area contributed by atoms with E-state index in [9.17, 15) is 9.90 Å². The van der Waals surface area contributed by atoms with Crippen LogP contribution in [0.5, 0.6) is 0 Å². The van der Waals surface area contributed by atoms with E-state index < -0.39 is 12.5 Å². The summed E-state index contributed by atoms with van der Waals surface area (Å²) in [5, 5.41) is 10.3. The molecule has 0 aromatic carbocycles. The molecular weight excluding hydrogens is 262 g/mol. The third-order valence-electron chi connectivity index (χ3n) is 3.87. The fourth-order valence-corrected chi connectivity index (χ4v) is 2.71. The van der Waals surface area contributed by atoms with Crippen molar-refractivity contribution >= 4 is 5.97 Å². The van der Waals surface area contributed by atoms with Crippen LogP contribution < -0.4 is 0 Å². The van der Waals surface area contributed by atoms with Gasteiger partial charge in [0.1, 0.15) is 12.3 Å². The lowest BCUT2D eigenvalue weighted by Crippen LogP contribution is -2.47. The Hall–Kier alpha value is -0.690. The normalized spacial score (nSPS) is 29.3. The highest BCUT2D eigenvalue weighted by molar-refractivity contribution is 5.76. The van der Waals surface area contributed by atoms with Gasteiger partial charge in [0, 0.05) is 18.4 Å². The van der Waals surface area contributed by atoms with Gasteiger partial charge in [-0.1, -0.05) is 13.8 Å². The summed E-state index contributed by atoms with van der Waals surface area (Å²) in [4.78, 5) is 13.4. The fourth-order valence-electron chi connectivity index (χ4n) is 2.71. The lowest BCUT2D eigenvalue weighted by atomic mass is 9.95. The van der Waals surface area contributed by atoms with Gasteiger partial charge in [0.2, 0.25) is 0 Å². The van der Waals surface area contributed by atoms with Gasteiger partial charge in [-0.05, 0) is 12.8 Å². The summed E-state index contributed by atoms with van der Waals surface area (Å²) < 4.78 is 16.0. The summed E-state index contributed by atoms with van der Waals surface area (Å²) in [6, 6.07) is -0.352. The van der Waals surface area contributed by atoms with Crippen LogP contribution in [0.2, 0.25) is 0 Å². The minimum absolute atomic E-state index is 0.0175. The maximum absolute atomic E-state index is 11.7. The number of carbonyl (C=O) groups excluding carboxylic acids is 1. The molecule has 1 N–H and O–H groups in total. The highest BCUT2D eigenvalue weighted by Crippen LogP contribution is 2.27. The molecule has 6 nitrogen and oxygen atoms in total. The van der Waals surface area contributed by atoms with Crippen molar-refractivity contribution in [2.24, 2.45) is 5.41 Å². The van der Waals surface area contributed by atoms with E-state index in [1.54, 1.807) is 4.90 Å². The van der Waals surface area contributed by atoms with Crippen molar-refractivity contribution in [3.63, 3.8) is 0 Å². The first kappa shape index (κ1) is 15.7. The standard InChI is InChI=1S/C14H25NO5/c1-14(2)8-19-12(20-9-14)7-11(16)15-6-4-5-10(15)13(17)18-3/h10-12,16H,4-9H2,1-3H3/t10-,11?/m0/s1. The van der Waals surface area contributed by atoms with Crippen LogP contribution in [0.3, 0.4) is 0 Å². The Bertz CT molecular complexity index is 336. The highest BCUT2D eigenvalue weighted by Gasteiger charge is 2.37. The molecule has 0 aromatic heterocycles. The van der Waals surface area contributed by atoms with Crippen molar-refractivity contribution in [1.29, 1.82) is 0 Å². The number of methoxy groups -OCH3 is 1. The molecule has 0 radical (unpaired) electrons. The summed E-state index contributed by atoms with van der Waals surface area (Å²) in [5.41, 5.74) is 0.0175. The summed E-state index contributed by atoms with van der Waals surface area (Å²) in [7, 11) is 1.38. The number of nitrogens with zero attached hydrogens (tertiary/aromatic N) is 1. The van der Waals surface area contributed by atoms with Crippen molar-refractivity contribution in [1.82, 2.24) is 4.90 Å². The van der Waals surface area contributed by atoms with Crippen LogP contribution in [0, 0.1) is 5.41 Å². The first-order valence-corrected chi connectivity index (χ1v) is 7.18. The Labute approximate surface area is 120 Å². The predicted octanol–water partition coefficient (Wildman–Crippen LogP) is 0.731. The third-order valence-corrected chi connectivity index (χ3v) is 3.87. The largest absolute Gasteiger partial charge is 0.468 e. The van der Waals surface area contributed by atoms with Gasteiger partial charge >= 0.3 is 5.97 Å². The molecule has 2 atom stereocenters. The molecular formula is C14H25NO5. The molecule has 2 aliphatic heterocycles. The molecule has 6 heteroatoms. The van der Waals surface area contributed by atoms with Crippen molar-refractivity contribution in [2.75, 3.05) is 26.9 Å². The lowest BCUT2D eigenvalue weighted by molar-refractivity contribution is -0.238. The molecule has 2 rings (SSSR count). The maximum atomic E-state index is 11.7. The SMILES string of the molecule is COC(=O)[C@@H]1CCCN1C(O)CC1OCC(C)(C)CO1. The minimum atomic E-state index is -0.743. The van der Waals surface area contributed by atoms with E-state index in [2.05, 4.69) is 13.8 Å². The number of aliphatic hydroxyl groups excluding tert-OH is 1. The van der Waals surface area contributed by atoms with Gasteiger partial charge in [0.05, 0.1) is 20.3 Å². The Morgan fingerprint density at radius 2 is 2.10 bits per heavy atom.